The van der Waals surface area contributed by atoms with Gasteiger partial charge in [-0.15, -0.1) is 0 Å². The lowest BCUT2D eigenvalue weighted by atomic mass is 9.86. The van der Waals surface area contributed by atoms with Crippen molar-refractivity contribution in [2.45, 2.75) is 66.9 Å². The number of carbonyl (C=O) groups is 2. The van der Waals surface area contributed by atoms with Gasteiger partial charge in [0.15, 0.2) is 0 Å². The second-order valence-electron chi connectivity index (χ2n) is 8.75. The van der Waals surface area contributed by atoms with Gasteiger partial charge in [0.25, 0.3) is 0 Å². The van der Waals surface area contributed by atoms with E-state index in [0.29, 0.717) is 26.1 Å². The first-order valence-electron chi connectivity index (χ1n) is 8.67. The first kappa shape index (κ1) is 19.9. The van der Waals surface area contributed by atoms with Crippen molar-refractivity contribution in [2.75, 3.05) is 19.6 Å². The minimum atomic E-state index is -0.367. The predicted molar refractivity (Wildman–Crippen MR) is 91.8 cm³/mol. The van der Waals surface area contributed by atoms with E-state index in [-0.39, 0.29) is 34.7 Å². The first-order valence-corrected chi connectivity index (χ1v) is 8.67. The number of rotatable bonds is 5. The summed E-state index contributed by atoms with van der Waals surface area (Å²) in [5, 5.41) is 12.5. The first-order chi connectivity index (χ1) is 10.4. The smallest absolute Gasteiger partial charge is 0.227 e. The summed E-state index contributed by atoms with van der Waals surface area (Å²) in [6.45, 7) is 13.5. The van der Waals surface area contributed by atoms with E-state index in [2.05, 4.69) is 5.32 Å². The number of aliphatic hydroxyl groups excluding tert-OH is 1. The monoisotopic (exact) mass is 326 g/mol. The van der Waals surface area contributed by atoms with Gasteiger partial charge in [-0.25, -0.2) is 0 Å². The van der Waals surface area contributed by atoms with Crippen molar-refractivity contribution in [2.24, 2.45) is 16.7 Å². The molecule has 0 aromatic carbocycles. The van der Waals surface area contributed by atoms with Crippen molar-refractivity contribution in [3.8, 4) is 0 Å². The molecule has 2 amide bonds. The Hall–Kier alpha value is -1.10. The van der Waals surface area contributed by atoms with E-state index in [1.807, 2.05) is 39.5 Å². The Morgan fingerprint density at radius 2 is 1.70 bits per heavy atom. The maximum absolute atomic E-state index is 12.3. The Morgan fingerprint density at radius 1 is 1.17 bits per heavy atom. The average molecular weight is 326 g/mol. The minimum absolute atomic E-state index is 0.0126. The predicted octanol–water partition coefficient (Wildman–Crippen LogP) is 2.18. The second kappa shape index (κ2) is 7.65. The molecule has 1 heterocycles. The molecule has 0 unspecified atom stereocenters. The molecule has 0 radical (unpaired) electrons. The lowest BCUT2D eigenvalue weighted by molar-refractivity contribution is -0.142. The second-order valence-corrected chi connectivity index (χ2v) is 8.75. The van der Waals surface area contributed by atoms with Crippen LogP contribution in [0.4, 0.5) is 0 Å². The summed E-state index contributed by atoms with van der Waals surface area (Å²) in [6, 6.07) is 0. The summed E-state index contributed by atoms with van der Waals surface area (Å²) in [7, 11) is 0. The number of piperidine rings is 1. The standard InChI is InChI=1S/C18H34N2O3/c1-13(21)11-18(5,6)12-19-15(22)14-7-9-20(10-8-14)16(23)17(2,3)4/h13-14,21H,7-12H2,1-6H3,(H,19,22)/t13-/m1/s1. The molecule has 0 spiro atoms. The van der Waals surface area contributed by atoms with Gasteiger partial charge in [-0.2, -0.15) is 0 Å². The van der Waals surface area contributed by atoms with Crippen LogP contribution in [0.15, 0.2) is 0 Å². The van der Waals surface area contributed by atoms with E-state index >= 15 is 0 Å². The molecule has 134 valence electrons. The molecule has 1 saturated heterocycles. The normalized spacial score (nSPS) is 18.7. The number of carbonyl (C=O) groups excluding carboxylic acids is 2. The van der Waals surface area contributed by atoms with Crippen LogP contribution in [-0.2, 0) is 9.59 Å². The van der Waals surface area contributed by atoms with Crippen molar-refractivity contribution in [1.29, 1.82) is 0 Å². The molecular formula is C18H34N2O3. The number of nitrogens with zero attached hydrogens (tertiary/aromatic N) is 1. The molecule has 1 aliphatic heterocycles. The van der Waals surface area contributed by atoms with Gasteiger partial charge in [0.2, 0.25) is 11.8 Å². The molecule has 5 nitrogen and oxygen atoms in total. The largest absolute Gasteiger partial charge is 0.393 e. The quantitative estimate of drug-likeness (QED) is 0.813. The van der Waals surface area contributed by atoms with Gasteiger partial charge in [0, 0.05) is 31.0 Å². The fourth-order valence-corrected chi connectivity index (χ4v) is 3.16. The molecule has 0 aliphatic carbocycles. The third kappa shape index (κ3) is 6.50. The van der Waals surface area contributed by atoms with Crippen LogP contribution in [0, 0.1) is 16.7 Å². The van der Waals surface area contributed by atoms with Crippen LogP contribution in [0.3, 0.4) is 0 Å². The Balaban J connectivity index is 2.42. The van der Waals surface area contributed by atoms with Gasteiger partial charge in [-0.05, 0) is 31.6 Å². The van der Waals surface area contributed by atoms with Crippen LogP contribution in [0.5, 0.6) is 0 Å². The molecule has 0 bridgehead atoms. The van der Waals surface area contributed by atoms with Crippen LogP contribution in [0.2, 0.25) is 0 Å². The highest BCUT2D eigenvalue weighted by Gasteiger charge is 2.32. The zero-order valence-electron chi connectivity index (χ0n) is 15.6. The zero-order chi connectivity index (χ0) is 17.8. The third-order valence-electron chi connectivity index (χ3n) is 4.38. The fourth-order valence-electron chi connectivity index (χ4n) is 3.16. The summed E-state index contributed by atoms with van der Waals surface area (Å²) in [6.07, 6.45) is 1.74. The molecule has 2 N–H and O–H groups in total. The lowest BCUT2D eigenvalue weighted by Gasteiger charge is -2.35. The van der Waals surface area contributed by atoms with Gasteiger partial charge in [-0.1, -0.05) is 34.6 Å². The summed E-state index contributed by atoms with van der Waals surface area (Å²) in [5.74, 6) is 0.224. The van der Waals surface area contributed by atoms with E-state index in [9.17, 15) is 14.7 Å². The molecule has 23 heavy (non-hydrogen) atoms. The number of amides is 2. The summed E-state index contributed by atoms with van der Waals surface area (Å²) in [5.41, 5.74) is -0.479. The van der Waals surface area contributed by atoms with E-state index in [1.165, 1.54) is 0 Å². The lowest BCUT2D eigenvalue weighted by Crippen LogP contribution is -2.47. The molecular weight excluding hydrogens is 292 g/mol. The molecule has 1 rings (SSSR count). The highest BCUT2D eigenvalue weighted by Crippen LogP contribution is 2.25. The number of likely N-dealkylation sites (tertiary alicyclic amines) is 1. The Kier molecular flexibility index (Phi) is 6.63. The molecule has 1 aliphatic rings. The maximum atomic E-state index is 12.3. The van der Waals surface area contributed by atoms with Crippen molar-refractivity contribution in [3.05, 3.63) is 0 Å². The average Bonchev–Trinajstić information content (AvgIpc) is 2.42. The fraction of sp³-hybridized carbons (Fsp3) is 0.889. The molecule has 5 heteroatoms. The van der Waals surface area contributed by atoms with Crippen LogP contribution in [0.25, 0.3) is 0 Å². The van der Waals surface area contributed by atoms with Crippen molar-refractivity contribution in [1.82, 2.24) is 10.2 Å². The summed E-state index contributed by atoms with van der Waals surface area (Å²) < 4.78 is 0. The zero-order valence-corrected chi connectivity index (χ0v) is 15.6. The summed E-state index contributed by atoms with van der Waals surface area (Å²) >= 11 is 0. The van der Waals surface area contributed by atoms with Crippen LogP contribution < -0.4 is 5.32 Å². The van der Waals surface area contributed by atoms with E-state index in [0.717, 1.165) is 12.8 Å². The highest BCUT2D eigenvalue weighted by atomic mass is 16.3. The van der Waals surface area contributed by atoms with Gasteiger partial charge in [-0.3, -0.25) is 9.59 Å². The van der Waals surface area contributed by atoms with Crippen molar-refractivity contribution in [3.63, 3.8) is 0 Å². The molecule has 1 atom stereocenters. The number of hydrogen-bond donors (Lipinski definition) is 2. The number of nitrogens with one attached hydrogen (secondary N) is 1. The number of aliphatic hydroxyl groups is 1. The van der Waals surface area contributed by atoms with Gasteiger partial charge in [0.05, 0.1) is 6.10 Å². The molecule has 1 fully saturated rings. The van der Waals surface area contributed by atoms with E-state index in [1.54, 1.807) is 6.92 Å². The van der Waals surface area contributed by atoms with Gasteiger partial charge in [0.1, 0.15) is 0 Å². The van der Waals surface area contributed by atoms with E-state index < -0.39 is 0 Å². The highest BCUT2D eigenvalue weighted by molar-refractivity contribution is 5.82. The topological polar surface area (TPSA) is 69.6 Å². The Morgan fingerprint density at radius 3 is 2.13 bits per heavy atom. The van der Waals surface area contributed by atoms with Gasteiger partial charge < -0.3 is 15.3 Å². The van der Waals surface area contributed by atoms with Gasteiger partial charge >= 0.3 is 0 Å². The molecule has 0 aromatic rings. The molecule has 0 saturated carbocycles. The van der Waals surface area contributed by atoms with Crippen LogP contribution >= 0.6 is 0 Å². The van der Waals surface area contributed by atoms with Crippen LogP contribution in [0.1, 0.15) is 60.8 Å². The third-order valence-corrected chi connectivity index (χ3v) is 4.38. The molecule has 0 aromatic heterocycles. The van der Waals surface area contributed by atoms with E-state index in [4.69, 9.17) is 0 Å². The van der Waals surface area contributed by atoms with Crippen molar-refractivity contribution >= 4 is 11.8 Å². The Bertz CT molecular complexity index is 416. The van der Waals surface area contributed by atoms with Crippen molar-refractivity contribution < 1.29 is 14.7 Å². The minimum Gasteiger partial charge on any atom is -0.393 e. The number of hydrogen-bond acceptors (Lipinski definition) is 3. The summed E-state index contributed by atoms with van der Waals surface area (Å²) in [4.78, 5) is 26.5. The Labute approximate surface area is 140 Å². The maximum Gasteiger partial charge on any atom is 0.227 e. The van der Waals surface area contributed by atoms with Crippen LogP contribution in [-0.4, -0.2) is 47.6 Å². The SMILES string of the molecule is C[C@@H](O)CC(C)(C)CNC(=O)C1CCN(C(=O)C(C)(C)C)CC1.